The van der Waals surface area contributed by atoms with Crippen LogP contribution in [0.25, 0.3) is 12.2 Å². The molecule has 0 aliphatic carbocycles. The smallest absolute Gasteiger partial charge is 0.119 e. The summed E-state index contributed by atoms with van der Waals surface area (Å²) >= 11 is 0. The van der Waals surface area contributed by atoms with Gasteiger partial charge in [0.15, 0.2) is 0 Å². The van der Waals surface area contributed by atoms with E-state index in [1.807, 2.05) is 36.4 Å². The highest BCUT2D eigenvalue weighted by atomic mass is 16.5. The summed E-state index contributed by atoms with van der Waals surface area (Å²) in [5, 5.41) is 0. The molecule has 0 heterocycles. The molecule has 0 amide bonds. The number of aryl methyl sites for hydroxylation is 1. The molecule has 0 atom stereocenters. The highest BCUT2D eigenvalue weighted by Crippen LogP contribution is 2.15. The second-order valence-electron chi connectivity index (χ2n) is 5.03. The van der Waals surface area contributed by atoms with Gasteiger partial charge in [0, 0.05) is 0 Å². The molecule has 21 heavy (non-hydrogen) atoms. The Morgan fingerprint density at radius 1 is 0.857 bits per heavy atom. The van der Waals surface area contributed by atoms with Gasteiger partial charge < -0.3 is 4.74 Å². The third-order valence-electron chi connectivity index (χ3n) is 3.44. The maximum Gasteiger partial charge on any atom is 0.119 e. The standard InChI is InChI=1S/C20H22O/c1-3-17-11-13-19(14-12-17)8-5-6-15-21-20-10-7-9-18(4-2)16-20/h3-4,7,9-14,16H,1-2,5-6,8,15H2. The molecule has 1 heteroatoms. The van der Waals surface area contributed by atoms with Crippen molar-refractivity contribution in [3.63, 3.8) is 0 Å². The molecule has 0 radical (unpaired) electrons. The van der Waals surface area contributed by atoms with Crippen molar-refractivity contribution in [1.29, 1.82) is 0 Å². The first-order valence-electron chi connectivity index (χ1n) is 7.38. The first-order chi connectivity index (χ1) is 10.3. The summed E-state index contributed by atoms with van der Waals surface area (Å²) in [6.45, 7) is 8.29. The van der Waals surface area contributed by atoms with Crippen molar-refractivity contribution >= 4 is 12.2 Å². The highest BCUT2D eigenvalue weighted by molar-refractivity contribution is 5.49. The molecule has 2 aromatic rings. The van der Waals surface area contributed by atoms with Crippen molar-refractivity contribution in [1.82, 2.24) is 0 Å². The van der Waals surface area contributed by atoms with Gasteiger partial charge in [0.25, 0.3) is 0 Å². The van der Waals surface area contributed by atoms with Crippen molar-refractivity contribution in [2.24, 2.45) is 0 Å². The van der Waals surface area contributed by atoms with E-state index < -0.39 is 0 Å². The minimum atomic E-state index is 0.755. The Kier molecular flexibility index (Phi) is 5.83. The molecule has 0 aromatic heterocycles. The molecule has 1 nitrogen and oxygen atoms in total. The molecule has 108 valence electrons. The van der Waals surface area contributed by atoms with Crippen LogP contribution < -0.4 is 4.74 Å². The second kappa shape index (κ2) is 8.11. The molecular formula is C20H22O. The molecule has 0 aliphatic heterocycles. The van der Waals surface area contributed by atoms with Gasteiger partial charge in [-0.25, -0.2) is 0 Å². The molecule has 0 spiro atoms. The molecule has 0 N–H and O–H groups in total. The number of benzene rings is 2. The second-order valence-corrected chi connectivity index (χ2v) is 5.03. The van der Waals surface area contributed by atoms with Crippen LogP contribution in [0.4, 0.5) is 0 Å². The summed E-state index contributed by atoms with van der Waals surface area (Å²) in [5.74, 6) is 0.919. The Hall–Kier alpha value is -2.28. The zero-order chi connectivity index (χ0) is 14.9. The predicted octanol–water partition coefficient (Wildman–Crippen LogP) is 5.37. The maximum atomic E-state index is 5.76. The maximum absolute atomic E-state index is 5.76. The van der Waals surface area contributed by atoms with Gasteiger partial charge in [0.2, 0.25) is 0 Å². The summed E-state index contributed by atoms with van der Waals surface area (Å²) in [6.07, 6.45) is 6.98. The first-order valence-corrected chi connectivity index (χ1v) is 7.38. The molecule has 0 saturated heterocycles. The van der Waals surface area contributed by atoms with Gasteiger partial charge in [-0.3, -0.25) is 0 Å². The number of hydrogen-bond acceptors (Lipinski definition) is 1. The Labute approximate surface area is 127 Å². The fraction of sp³-hybridized carbons (Fsp3) is 0.200. The molecular weight excluding hydrogens is 256 g/mol. The third kappa shape index (κ3) is 4.96. The highest BCUT2D eigenvalue weighted by Gasteiger charge is 1.97. The minimum absolute atomic E-state index is 0.755. The van der Waals surface area contributed by atoms with Gasteiger partial charge in [-0.1, -0.05) is 61.7 Å². The van der Waals surface area contributed by atoms with Crippen LogP contribution in [0.2, 0.25) is 0 Å². The van der Waals surface area contributed by atoms with Crippen molar-refractivity contribution in [3.05, 3.63) is 78.4 Å². The number of hydrogen-bond donors (Lipinski definition) is 0. The Balaban J connectivity index is 1.69. The molecule has 0 fully saturated rings. The summed E-state index contributed by atoms with van der Waals surface area (Å²) < 4.78 is 5.76. The summed E-state index contributed by atoms with van der Waals surface area (Å²) in [7, 11) is 0. The lowest BCUT2D eigenvalue weighted by Gasteiger charge is -2.07. The van der Waals surface area contributed by atoms with Gasteiger partial charge in [0.1, 0.15) is 5.75 Å². The fourth-order valence-corrected chi connectivity index (χ4v) is 2.17. The van der Waals surface area contributed by atoms with Crippen LogP contribution in [0, 0.1) is 0 Å². The Bertz CT molecular complexity index is 581. The normalized spacial score (nSPS) is 10.1. The Morgan fingerprint density at radius 3 is 2.33 bits per heavy atom. The van der Waals surface area contributed by atoms with E-state index in [1.165, 1.54) is 11.1 Å². The topological polar surface area (TPSA) is 9.23 Å². The zero-order valence-corrected chi connectivity index (χ0v) is 12.4. The zero-order valence-electron chi connectivity index (χ0n) is 12.4. The van der Waals surface area contributed by atoms with Crippen LogP contribution >= 0.6 is 0 Å². The number of rotatable bonds is 8. The van der Waals surface area contributed by atoms with E-state index in [2.05, 4.69) is 37.4 Å². The summed E-state index contributed by atoms with van der Waals surface area (Å²) in [6, 6.07) is 16.6. The van der Waals surface area contributed by atoms with Gasteiger partial charge in [0.05, 0.1) is 6.61 Å². The molecule has 2 rings (SSSR count). The van der Waals surface area contributed by atoms with E-state index in [0.29, 0.717) is 0 Å². The summed E-state index contributed by atoms with van der Waals surface area (Å²) in [4.78, 5) is 0. The van der Waals surface area contributed by atoms with Crippen molar-refractivity contribution in [2.75, 3.05) is 6.61 Å². The van der Waals surface area contributed by atoms with Crippen LogP contribution in [-0.4, -0.2) is 6.61 Å². The molecule has 0 saturated carbocycles. The average Bonchev–Trinajstić information content (AvgIpc) is 2.55. The Morgan fingerprint density at radius 2 is 1.62 bits per heavy atom. The van der Waals surface area contributed by atoms with E-state index in [1.54, 1.807) is 0 Å². The lowest BCUT2D eigenvalue weighted by atomic mass is 10.1. The molecule has 0 unspecified atom stereocenters. The molecule has 0 bridgehead atoms. The molecule has 2 aromatic carbocycles. The van der Waals surface area contributed by atoms with Crippen LogP contribution in [0.1, 0.15) is 29.5 Å². The van der Waals surface area contributed by atoms with Crippen LogP contribution in [0.3, 0.4) is 0 Å². The van der Waals surface area contributed by atoms with E-state index in [0.717, 1.165) is 37.2 Å². The van der Waals surface area contributed by atoms with E-state index in [4.69, 9.17) is 4.74 Å². The van der Waals surface area contributed by atoms with Crippen molar-refractivity contribution < 1.29 is 4.74 Å². The van der Waals surface area contributed by atoms with Crippen LogP contribution in [0.5, 0.6) is 5.75 Å². The SMILES string of the molecule is C=Cc1ccc(CCCCOc2cccc(C=C)c2)cc1. The van der Waals surface area contributed by atoms with Crippen molar-refractivity contribution in [3.8, 4) is 5.75 Å². The van der Waals surface area contributed by atoms with Gasteiger partial charge in [-0.15, -0.1) is 0 Å². The first kappa shape index (κ1) is 15.1. The number of unbranched alkanes of at least 4 members (excludes halogenated alkanes) is 1. The average molecular weight is 278 g/mol. The van der Waals surface area contributed by atoms with E-state index >= 15 is 0 Å². The molecule has 0 aliphatic rings. The van der Waals surface area contributed by atoms with Gasteiger partial charge in [-0.2, -0.15) is 0 Å². The van der Waals surface area contributed by atoms with Gasteiger partial charge in [-0.05, 0) is 48.1 Å². The fourth-order valence-electron chi connectivity index (χ4n) is 2.17. The lowest BCUT2D eigenvalue weighted by Crippen LogP contribution is -1.98. The summed E-state index contributed by atoms with van der Waals surface area (Å²) in [5.41, 5.74) is 3.63. The van der Waals surface area contributed by atoms with Crippen LogP contribution in [-0.2, 0) is 6.42 Å². The number of ether oxygens (including phenoxy) is 1. The van der Waals surface area contributed by atoms with E-state index in [-0.39, 0.29) is 0 Å². The quantitative estimate of drug-likeness (QED) is 0.589. The van der Waals surface area contributed by atoms with Crippen LogP contribution in [0.15, 0.2) is 61.7 Å². The minimum Gasteiger partial charge on any atom is -0.494 e. The van der Waals surface area contributed by atoms with Crippen molar-refractivity contribution in [2.45, 2.75) is 19.3 Å². The third-order valence-corrected chi connectivity index (χ3v) is 3.44. The van der Waals surface area contributed by atoms with Gasteiger partial charge >= 0.3 is 0 Å². The predicted molar refractivity (Wildman–Crippen MR) is 91.5 cm³/mol. The lowest BCUT2D eigenvalue weighted by molar-refractivity contribution is 0.307. The largest absolute Gasteiger partial charge is 0.494 e. The monoisotopic (exact) mass is 278 g/mol. The van der Waals surface area contributed by atoms with E-state index in [9.17, 15) is 0 Å².